The van der Waals surface area contributed by atoms with Gasteiger partial charge in [-0.05, 0) is 19.9 Å². The highest BCUT2D eigenvalue weighted by Crippen LogP contribution is 2.25. The molecular weight excluding hydrogens is 343 g/mol. The molecule has 0 fully saturated rings. The van der Waals surface area contributed by atoms with Crippen molar-refractivity contribution in [3.63, 3.8) is 0 Å². The van der Waals surface area contributed by atoms with E-state index in [1.165, 1.54) is 26.0 Å². The van der Waals surface area contributed by atoms with Gasteiger partial charge in [-0.25, -0.2) is 9.97 Å². The monoisotopic (exact) mass is 359 g/mol. The molecule has 0 unspecified atom stereocenters. The third-order valence-electron chi connectivity index (χ3n) is 3.29. The zero-order valence-electron chi connectivity index (χ0n) is 13.0. The lowest BCUT2D eigenvalue weighted by Crippen LogP contribution is -2.19. The van der Waals surface area contributed by atoms with Gasteiger partial charge in [0.25, 0.3) is 0 Å². The third-order valence-corrected chi connectivity index (χ3v) is 4.14. The van der Waals surface area contributed by atoms with E-state index >= 15 is 0 Å². The number of hydrogen-bond donors (Lipinski definition) is 2. The van der Waals surface area contributed by atoms with E-state index in [0.29, 0.717) is 5.69 Å². The predicted molar refractivity (Wildman–Crippen MR) is 85.9 cm³/mol. The Morgan fingerprint density at radius 1 is 1.21 bits per heavy atom. The second-order valence-electron chi connectivity index (χ2n) is 5.20. The number of Topliss-reactive ketones (excluding diaryl/α,β-unsaturated/α-hetero) is 1. The van der Waals surface area contributed by atoms with E-state index in [4.69, 9.17) is 11.5 Å². The molecule has 4 N–H and O–H groups in total. The van der Waals surface area contributed by atoms with Crippen LogP contribution < -0.4 is 11.5 Å². The summed E-state index contributed by atoms with van der Waals surface area (Å²) >= 11 is 1.03. The maximum absolute atomic E-state index is 12.6. The molecule has 0 aliphatic rings. The van der Waals surface area contributed by atoms with Gasteiger partial charge in [-0.1, -0.05) is 11.8 Å². The van der Waals surface area contributed by atoms with Crippen molar-refractivity contribution in [2.24, 2.45) is 0 Å². The molecule has 24 heavy (non-hydrogen) atoms. The van der Waals surface area contributed by atoms with Crippen LogP contribution in [0, 0.1) is 13.8 Å². The number of alkyl halides is 3. The minimum absolute atomic E-state index is 0.0286. The highest BCUT2D eigenvalue weighted by Gasteiger charge is 2.30. The Morgan fingerprint density at radius 2 is 1.79 bits per heavy atom. The van der Waals surface area contributed by atoms with Gasteiger partial charge in [0.1, 0.15) is 18.2 Å². The Bertz CT molecular complexity index is 752. The van der Waals surface area contributed by atoms with Gasteiger partial charge in [0, 0.05) is 23.0 Å². The van der Waals surface area contributed by atoms with Crippen LogP contribution in [0.4, 0.5) is 24.8 Å². The van der Waals surface area contributed by atoms with Gasteiger partial charge in [0.05, 0.1) is 5.75 Å². The molecule has 2 rings (SSSR count). The first-order valence-electron chi connectivity index (χ1n) is 6.86. The van der Waals surface area contributed by atoms with Crippen molar-refractivity contribution in [2.45, 2.75) is 31.7 Å². The number of ketones is 1. The Labute approximate surface area is 140 Å². The number of nitrogens with two attached hydrogens (primary N) is 2. The van der Waals surface area contributed by atoms with Crippen LogP contribution in [0.3, 0.4) is 0 Å². The molecule has 0 aliphatic carbocycles. The number of aryl methyl sites for hydroxylation is 1. The Kier molecular flexibility index (Phi) is 5.07. The zero-order valence-corrected chi connectivity index (χ0v) is 13.8. The number of hydrogen-bond acceptors (Lipinski definition) is 6. The molecule has 130 valence electrons. The summed E-state index contributed by atoms with van der Waals surface area (Å²) < 4.78 is 38.9. The van der Waals surface area contributed by atoms with E-state index in [1.807, 2.05) is 0 Å². The topological polar surface area (TPSA) is 99.8 Å². The molecular formula is C14H16F3N5OS. The molecule has 0 spiro atoms. The summed E-state index contributed by atoms with van der Waals surface area (Å²) in [6.07, 6.45) is -4.35. The normalized spacial score (nSPS) is 11.7. The van der Waals surface area contributed by atoms with E-state index in [1.54, 1.807) is 0 Å². The van der Waals surface area contributed by atoms with E-state index in [0.717, 1.165) is 16.3 Å². The summed E-state index contributed by atoms with van der Waals surface area (Å²) in [5.74, 6) is 0.0203. The Morgan fingerprint density at radius 3 is 2.33 bits per heavy atom. The molecule has 6 nitrogen and oxygen atoms in total. The smallest absolute Gasteiger partial charge is 0.383 e. The van der Waals surface area contributed by atoms with Gasteiger partial charge in [-0.3, -0.25) is 4.79 Å². The van der Waals surface area contributed by atoms with E-state index in [-0.39, 0.29) is 39.6 Å². The van der Waals surface area contributed by atoms with E-state index in [2.05, 4.69) is 9.97 Å². The molecule has 0 bridgehead atoms. The molecule has 0 aromatic carbocycles. The first-order valence-corrected chi connectivity index (χ1v) is 7.85. The zero-order chi connectivity index (χ0) is 18.1. The van der Waals surface area contributed by atoms with Crippen molar-refractivity contribution in [1.29, 1.82) is 0 Å². The predicted octanol–water partition coefficient (Wildman–Crippen LogP) is 2.60. The third kappa shape index (κ3) is 4.40. The quantitative estimate of drug-likeness (QED) is 0.484. The van der Waals surface area contributed by atoms with Crippen molar-refractivity contribution in [1.82, 2.24) is 14.5 Å². The number of thioether (sulfide) groups is 1. The standard InChI is InChI=1S/C14H16F3N5OS/c1-7-3-9(8(2)22(7)6-14(15,16)17)10(23)5-24-13-20-11(18)4-12(19)21-13/h3-4H,5-6H2,1-2H3,(H4,18,19,20,21). The average molecular weight is 359 g/mol. The fourth-order valence-electron chi connectivity index (χ4n) is 2.24. The number of carbonyl (C=O) groups is 1. The van der Waals surface area contributed by atoms with Crippen LogP contribution in [-0.2, 0) is 6.54 Å². The summed E-state index contributed by atoms with van der Waals surface area (Å²) in [6.45, 7) is 1.90. The molecule has 0 aliphatic heterocycles. The van der Waals surface area contributed by atoms with Crippen molar-refractivity contribution in [3.8, 4) is 0 Å². The highest BCUT2D eigenvalue weighted by molar-refractivity contribution is 7.99. The fraction of sp³-hybridized carbons (Fsp3) is 0.357. The summed E-state index contributed by atoms with van der Waals surface area (Å²) in [5.41, 5.74) is 12.0. The number of halogens is 3. The summed E-state index contributed by atoms with van der Waals surface area (Å²) in [6, 6.07) is 2.84. The van der Waals surface area contributed by atoms with Crippen LogP contribution in [0.25, 0.3) is 0 Å². The van der Waals surface area contributed by atoms with Crippen molar-refractivity contribution in [2.75, 3.05) is 17.2 Å². The van der Waals surface area contributed by atoms with Crippen molar-refractivity contribution in [3.05, 3.63) is 29.1 Å². The lowest BCUT2D eigenvalue weighted by atomic mass is 10.2. The minimum atomic E-state index is -4.35. The fourth-order valence-corrected chi connectivity index (χ4v) is 3.00. The molecule has 0 saturated heterocycles. The molecule has 0 radical (unpaired) electrons. The highest BCUT2D eigenvalue weighted by atomic mass is 32.2. The number of rotatable bonds is 5. The first kappa shape index (κ1) is 18.1. The number of nitrogen functional groups attached to an aromatic ring is 2. The molecule has 0 saturated carbocycles. The second-order valence-corrected chi connectivity index (χ2v) is 6.14. The average Bonchev–Trinajstić information content (AvgIpc) is 2.70. The number of nitrogens with zero attached hydrogens (tertiary/aromatic N) is 3. The number of carbonyl (C=O) groups excluding carboxylic acids is 1. The van der Waals surface area contributed by atoms with Gasteiger partial charge in [-0.2, -0.15) is 13.2 Å². The largest absolute Gasteiger partial charge is 0.406 e. The van der Waals surface area contributed by atoms with Crippen molar-refractivity contribution >= 4 is 29.2 Å². The van der Waals surface area contributed by atoms with Gasteiger partial charge >= 0.3 is 6.18 Å². The van der Waals surface area contributed by atoms with Crippen LogP contribution in [0.15, 0.2) is 17.3 Å². The second kappa shape index (κ2) is 6.71. The van der Waals surface area contributed by atoms with Gasteiger partial charge in [0.15, 0.2) is 10.9 Å². The van der Waals surface area contributed by atoms with Crippen molar-refractivity contribution < 1.29 is 18.0 Å². The molecule has 2 aromatic rings. The van der Waals surface area contributed by atoms with Gasteiger partial charge < -0.3 is 16.0 Å². The number of aromatic nitrogens is 3. The van der Waals surface area contributed by atoms with Crippen LogP contribution in [0.5, 0.6) is 0 Å². The van der Waals surface area contributed by atoms with Crippen LogP contribution in [-0.4, -0.2) is 32.2 Å². The molecule has 10 heteroatoms. The summed E-state index contributed by atoms with van der Waals surface area (Å²) in [5, 5.41) is 0.241. The SMILES string of the molecule is Cc1cc(C(=O)CSc2nc(N)cc(N)n2)c(C)n1CC(F)(F)F. The molecule has 2 heterocycles. The first-order chi connectivity index (χ1) is 11.1. The van der Waals surface area contributed by atoms with E-state index in [9.17, 15) is 18.0 Å². The lowest BCUT2D eigenvalue weighted by molar-refractivity contribution is -0.141. The molecule has 0 amide bonds. The maximum Gasteiger partial charge on any atom is 0.406 e. The van der Waals surface area contributed by atoms with Crippen LogP contribution in [0.1, 0.15) is 21.7 Å². The van der Waals surface area contributed by atoms with Crippen LogP contribution >= 0.6 is 11.8 Å². The summed E-state index contributed by atoms with van der Waals surface area (Å²) in [4.78, 5) is 20.2. The van der Waals surface area contributed by atoms with E-state index < -0.39 is 12.7 Å². The van der Waals surface area contributed by atoms with Gasteiger partial charge in [-0.15, -0.1) is 0 Å². The van der Waals surface area contributed by atoms with Crippen LogP contribution in [0.2, 0.25) is 0 Å². The number of anilines is 2. The lowest BCUT2D eigenvalue weighted by Gasteiger charge is -2.12. The Balaban J connectivity index is 2.14. The summed E-state index contributed by atoms with van der Waals surface area (Å²) in [7, 11) is 0. The van der Waals surface area contributed by atoms with Gasteiger partial charge in [0.2, 0.25) is 0 Å². The Hall–Kier alpha value is -2.23. The molecule has 0 atom stereocenters. The minimum Gasteiger partial charge on any atom is -0.383 e. The molecule has 2 aromatic heterocycles. The maximum atomic E-state index is 12.6.